The number of nitrogens with one attached hydrogen (secondary N) is 1. The number of sulfone groups is 2. The van der Waals surface area contributed by atoms with Crippen molar-refractivity contribution in [1.82, 2.24) is 0 Å². The van der Waals surface area contributed by atoms with Gasteiger partial charge in [0, 0.05) is 5.57 Å². The maximum Gasteiger partial charge on any atom is 0.502 e. The van der Waals surface area contributed by atoms with Crippen LogP contribution in [-0.4, -0.2) is 65.2 Å². The van der Waals surface area contributed by atoms with E-state index in [-0.39, 0.29) is 22.8 Å². The lowest BCUT2D eigenvalue weighted by molar-refractivity contribution is -0.890. The van der Waals surface area contributed by atoms with E-state index in [1.807, 2.05) is 0 Å². The van der Waals surface area contributed by atoms with Gasteiger partial charge < -0.3 is 4.48 Å². The van der Waals surface area contributed by atoms with Gasteiger partial charge in [0.2, 0.25) is 0 Å². The van der Waals surface area contributed by atoms with Crippen LogP contribution in [0.4, 0.5) is 26.3 Å². The number of benzene rings is 1. The largest absolute Gasteiger partial charge is 0.502 e. The van der Waals surface area contributed by atoms with Gasteiger partial charge >= 0.3 is 11.0 Å². The van der Waals surface area contributed by atoms with Crippen molar-refractivity contribution in [2.75, 3.05) is 27.2 Å². The number of hydrogen-bond donors (Lipinski definition) is 1. The fourth-order valence-corrected chi connectivity index (χ4v) is 6.88. The molecule has 0 unspecified atom stereocenters. The second kappa shape index (κ2) is 12.8. The first-order valence-corrected chi connectivity index (χ1v) is 16.0. The number of fused-ring (bicyclic) bond motifs is 3. The van der Waals surface area contributed by atoms with E-state index < -0.39 is 51.8 Å². The Labute approximate surface area is 237 Å². The second-order valence-electron chi connectivity index (χ2n) is 10.5. The number of alkyl halides is 6. The van der Waals surface area contributed by atoms with Crippen LogP contribution in [0.3, 0.4) is 0 Å². The molecule has 2 aliphatic carbocycles. The van der Waals surface area contributed by atoms with E-state index in [9.17, 15) is 43.2 Å². The number of rotatable bonds is 10. The molecule has 0 bridgehead atoms. The zero-order valence-electron chi connectivity index (χ0n) is 23.3. The fourth-order valence-electron chi connectivity index (χ4n) is 4.42. The molecule has 0 saturated heterocycles. The molecule has 0 amide bonds. The molecular formula is C27H35F6N2O4S2+. The smallest absolute Gasteiger partial charge is 0.328 e. The molecule has 0 radical (unpaired) electrons. The summed E-state index contributed by atoms with van der Waals surface area (Å²) < 4.78 is 127. The van der Waals surface area contributed by atoms with Gasteiger partial charge in [0.15, 0.2) is 0 Å². The summed E-state index contributed by atoms with van der Waals surface area (Å²) >= 11 is 0. The summed E-state index contributed by atoms with van der Waals surface area (Å²) in [7, 11) is -8.36. The predicted molar refractivity (Wildman–Crippen MR) is 148 cm³/mol. The molecule has 230 valence electrons. The van der Waals surface area contributed by atoms with Gasteiger partial charge in [-0.2, -0.15) is 26.3 Å². The van der Waals surface area contributed by atoms with Crippen molar-refractivity contribution in [3.8, 4) is 0 Å². The minimum absolute atomic E-state index is 0.153. The molecule has 0 saturated carbocycles. The molecule has 1 aromatic carbocycles. The van der Waals surface area contributed by atoms with Crippen molar-refractivity contribution in [2.24, 2.45) is 0 Å². The average Bonchev–Trinajstić information content (AvgIpc) is 3.23. The Bertz CT molecular complexity index is 1450. The summed E-state index contributed by atoms with van der Waals surface area (Å²) in [6.45, 7) is 7.26. The highest BCUT2D eigenvalue weighted by Gasteiger charge is 2.57. The molecule has 0 spiro atoms. The zero-order valence-corrected chi connectivity index (χ0v) is 24.9. The van der Waals surface area contributed by atoms with Gasteiger partial charge in [0.25, 0.3) is 19.7 Å². The van der Waals surface area contributed by atoms with Gasteiger partial charge in [-0.3, -0.25) is 5.41 Å². The zero-order chi connectivity index (χ0) is 31.4. The van der Waals surface area contributed by atoms with Crippen molar-refractivity contribution < 1.29 is 47.7 Å². The summed E-state index contributed by atoms with van der Waals surface area (Å²) in [5.74, 6) is 0. The number of hydrogen-bond acceptors (Lipinski definition) is 5. The number of allylic oxidation sites excluding steroid dienone is 4. The molecule has 0 aliphatic heterocycles. The SMILES string of the molecule is CCCCCC[N+](C)(C)CCCC.N=C1C2=Cc3ccccc3C2=CC(S(=O)(=O)C(F)(F)F)=C1S(=O)(=O)C(F)(F)F. The van der Waals surface area contributed by atoms with E-state index in [0.29, 0.717) is 0 Å². The molecule has 3 rings (SSSR count). The fraction of sp³-hybridized carbons (Fsp3) is 0.519. The van der Waals surface area contributed by atoms with Crippen LogP contribution in [0, 0.1) is 5.41 Å². The molecule has 0 aromatic heterocycles. The predicted octanol–water partition coefficient (Wildman–Crippen LogP) is 7.02. The first kappa shape index (κ1) is 34.7. The van der Waals surface area contributed by atoms with Crippen LogP contribution in [0.2, 0.25) is 0 Å². The second-order valence-corrected chi connectivity index (χ2v) is 14.3. The molecule has 6 nitrogen and oxygen atoms in total. The Morgan fingerprint density at radius 3 is 1.80 bits per heavy atom. The Hall–Kier alpha value is -2.45. The van der Waals surface area contributed by atoms with E-state index in [1.165, 1.54) is 80.4 Å². The maximum absolute atomic E-state index is 13.0. The van der Waals surface area contributed by atoms with E-state index in [1.54, 1.807) is 0 Å². The van der Waals surface area contributed by atoms with Crippen LogP contribution < -0.4 is 0 Å². The first-order valence-electron chi connectivity index (χ1n) is 13.0. The molecule has 41 heavy (non-hydrogen) atoms. The highest BCUT2D eigenvalue weighted by Crippen LogP contribution is 2.47. The lowest BCUT2D eigenvalue weighted by Gasteiger charge is -2.29. The van der Waals surface area contributed by atoms with Gasteiger partial charge in [0.05, 0.1) is 37.8 Å². The van der Waals surface area contributed by atoms with Gasteiger partial charge in [-0.15, -0.1) is 0 Å². The summed E-state index contributed by atoms with van der Waals surface area (Å²) in [4.78, 5) is -4.38. The summed E-state index contributed by atoms with van der Waals surface area (Å²) in [6.07, 6.45) is 9.62. The number of halogens is 6. The molecule has 1 aromatic rings. The van der Waals surface area contributed by atoms with Gasteiger partial charge in [-0.25, -0.2) is 16.8 Å². The van der Waals surface area contributed by atoms with Crippen molar-refractivity contribution in [3.63, 3.8) is 0 Å². The molecular weight excluding hydrogens is 594 g/mol. The van der Waals surface area contributed by atoms with Crippen LogP contribution in [0.5, 0.6) is 0 Å². The van der Waals surface area contributed by atoms with Crippen LogP contribution in [0.15, 0.2) is 45.7 Å². The lowest BCUT2D eigenvalue weighted by atomic mass is 9.95. The lowest BCUT2D eigenvalue weighted by Crippen LogP contribution is -2.41. The van der Waals surface area contributed by atoms with Crippen molar-refractivity contribution >= 4 is 37.0 Å². The average molecular weight is 630 g/mol. The van der Waals surface area contributed by atoms with Gasteiger partial charge in [0.1, 0.15) is 4.91 Å². The highest BCUT2D eigenvalue weighted by molar-refractivity contribution is 8.00. The number of quaternary nitrogens is 1. The third-order valence-electron chi connectivity index (χ3n) is 6.74. The third kappa shape index (κ3) is 7.69. The topological polar surface area (TPSA) is 92.1 Å². The number of nitrogens with zero attached hydrogens (tertiary/aromatic N) is 1. The normalized spacial score (nSPS) is 16.0. The Morgan fingerprint density at radius 2 is 1.27 bits per heavy atom. The Balaban J connectivity index is 0.000000383. The minimum atomic E-state index is -6.58. The van der Waals surface area contributed by atoms with Crippen LogP contribution >= 0.6 is 0 Å². The first-order chi connectivity index (χ1) is 18.7. The summed E-state index contributed by atoms with van der Waals surface area (Å²) in [5.41, 5.74) is -13.9. The third-order valence-corrected chi connectivity index (χ3v) is 9.95. The summed E-state index contributed by atoms with van der Waals surface area (Å²) in [6, 6.07) is 5.69. The standard InChI is InChI=1S/C15H7F6NO4S2.C12H28N/c16-14(17,18)27(23,24)11-6-9-8-4-2-1-3-7(8)5-10(9)12(22)13(11)28(25,26)15(19,20)21;1-5-7-9-10-12-13(3,4)11-8-6-2/h1-6,22H;5-12H2,1-4H3/q;+1. The maximum atomic E-state index is 13.0. The molecule has 1 N–H and O–H groups in total. The van der Waals surface area contributed by atoms with Crippen LogP contribution in [0.25, 0.3) is 11.6 Å². The van der Waals surface area contributed by atoms with Gasteiger partial charge in [-0.05, 0) is 48.1 Å². The Morgan fingerprint density at radius 1 is 0.732 bits per heavy atom. The van der Waals surface area contributed by atoms with Crippen molar-refractivity contribution in [1.29, 1.82) is 5.41 Å². The van der Waals surface area contributed by atoms with Crippen LogP contribution in [-0.2, 0) is 19.7 Å². The molecule has 0 atom stereocenters. The van der Waals surface area contributed by atoms with E-state index >= 15 is 0 Å². The van der Waals surface area contributed by atoms with Gasteiger partial charge in [-0.1, -0.05) is 57.4 Å². The number of unbranched alkanes of at least 4 members (excludes halogenated alkanes) is 4. The molecule has 14 heteroatoms. The van der Waals surface area contributed by atoms with E-state index in [0.717, 1.165) is 6.08 Å². The molecule has 0 fully saturated rings. The van der Waals surface area contributed by atoms with Crippen molar-refractivity contribution in [3.05, 3.63) is 56.9 Å². The van der Waals surface area contributed by atoms with Crippen molar-refractivity contribution in [2.45, 2.75) is 63.4 Å². The monoisotopic (exact) mass is 629 g/mol. The Kier molecular flexibility index (Phi) is 10.9. The van der Waals surface area contributed by atoms with E-state index in [2.05, 4.69) is 27.9 Å². The highest BCUT2D eigenvalue weighted by atomic mass is 32.2. The quantitative estimate of drug-likeness (QED) is 0.171. The molecule has 0 heterocycles. The minimum Gasteiger partial charge on any atom is -0.328 e. The van der Waals surface area contributed by atoms with E-state index in [4.69, 9.17) is 5.41 Å². The van der Waals surface area contributed by atoms with Crippen LogP contribution in [0.1, 0.15) is 63.5 Å². The molecule has 2 aliphatic rings. The summed E-state index contributed by atoms with van der Waals surface area (Å²) in [5, 5.41) is 7.82.